The summed E-state index contributed by atoms with van der Waals surface area (Å²) in [5.74, 6) is 0. The molecule has 2 unspecified atom stereocenters. The molecule has 3 aromatic rings. The molecular formula is C20H18ClP. The standard InChI is InChI=1S/C20H18ClP/c1-20(15-7-3-2-4-8-15,16-11-13-17(22)14-12-16)18-9-5-6-10-19(18)21/h2-14H,22H2,1H3. The largest absolute Gasteiger partial charge is 0.106 e. The monoisotopic (exact) mass is 324 g/mol. The van der Waals surface area contributed by atoms with Crippen LogP contribution in [0.15, 0.2) is 78.9 Å². The van der Waals surface area contributed by atoms with Crippen LogP contribution in [0.3, 0.4) is 0 Å². The second kappa shape index (κ2) is 6.24. The molecule has 0 N–H and O–H groups in total. The topological polar surface area (TPSA) is 0 Å². The Labute approximate surface area is 139 Å². The van der Waals surface area contributed by atoms with E-state index in [0.717, 1.165) is 10.6 Å². The van der Waals surface area contributed by atoms with E-state index >= 15 is 0 Å². The maximum atomic E-state index is 6.54. The number of hydrogen-bond donors (Lipinski definition) is 0. The van der Waals surface area contributed by atoms with E-state index in [0.29, 0.717) is 0 Å². The molecule has 3 aromatic carbocycles. The van der Waals surface area contributed by atoms with Crippen LogP contribution in [0.5, 0.6) is 0 Å². The first-order chi connectivity index (χ1) is 10.6. The summed E-state index contributed by atoms with van der Waals surface area (Å²) in [5.41, 5.74) is 3.31. The highest BCUT2D eigenvalue weighted by Gasteiger charge is 2.32. The van der Waals surface area contributed by atoms with Crippen LogP contribution in [0, 0.1) is 0 Å². The number of rotatable bonds is 3. The molecule has 3 rings (SSSR count). The van der Waals surface area contributed by atoms with Crippen molar-refractivity contribution >= 4 is 26.1 Å². The molecule has 2 atom stereocenters. The van der Waals surface area contributed by atoms with E-state index in [1.54, 1.807) is 0 Å². The third kappa shape index (κ3) is 2.70. The first-order valence-corrected chi connectivity index (χ1v) is 8.24. The zero-order valence-electron chi connectivity index (χ0n) is 12.5. The second-order valence-corrected chi connectivity index (χ2v) is 6.67. The minimum absolute atomic E-state index is 0.280. The molecule has 0 saturated carbocycles. The lowest BCUT2D eigenvalue weighted by atomic mass is 9.71. The van der Waals surface area contributed by atoms with E-state index in [-0.39, 0.29) is 5.41 Å². The van der Waals surface area contributed by atoms with Crippen molar-refractivity contribution in [2.75, 3.05) is 0 Å². The van der Waals surface area contributed by atoms with Crippen LogP contribution < -0.4 is 5.30 Å². The fraction of sp³-hybridized carbons (Fsp3) is 0.100. The van der Waals surface area contributed by atoms with Gasteiger partial charge in [-0.1, -0.05) is 84.4 Å². The van der Waals surface area contributed by atoms with E-state index in [2.05, 4.69) is 70.8 Å². The van der Waals surface area contributed by atoms with Gasteiger partial charge in [-0.3, -0.25) is 0 Å². The van der Waals surface area contributed by atoms with Crippen molar-refractivity contribution in [2.45, 2.75) is 12.3 Å². The van der Waals surface area contributed by atoms with E-state index in [1.807, 2.05) is 24.3 Å². The van der Waals surface area contributed by atoms with Crippen LogP contribution in [0.1, 0.15) is 23.6 Å². The summed E-state index contributed by atoms with van der Waals surface area (Å²) in [6.07, 6.45) is 0. The van der Waals surface area contributed by atoms with Gasteiger partial charge in [0.05, 0.1) is 0 Å². The van der Waals surface area contributed by atoms with E-state index in [4.69, 9.17) is 11.6 Å². The Morgan fingerprint density at radius 3 is 1.91 bits per heavy atom. The van der Waals surface area contributed by atoms with Gasteiger partial charge in [0.1, 0.15) is 0 Å². The SMILES string of the molecule is CC(c1ccccc1)(c1ccc(P)cc1)c1ccccc1Cl. The molecule has 0 bridgehead atoms. The normalized spacial score (nSPS) is 13.6. The number of benzene rings is 3. The average molecular weight is 325 g/mol. The van der Waals surface area contributed by atoms with Gasteiger partial charge in [-0.25, -0.2) is 0 Å². The molecule has 0 aliphatic heterocycles. The maximum absolute atomic E-state index is 6.54. The Bertz CT molecular complexity index is 765. The molecule has 0 aliphatic carbocycles. The van der Waals surface area contributed by atoms with Crippen molar-refractivity contribution in [1.29, 1.82) is 0 Å². The zero-order valence-corrected chi connectivity index (χ0v) is 14.4. The summed E-state index contributed by atoms with van der Waals surface area (Å²) in [5, 5.41) is 1.97. The fourth-order valence-electron chi connectivity index (χ4n) is 2.93. The van der Waals surface area contributed by atoms with Crippen LogP contribution in [0.4, 0.5) is 0 Å². The van der Waals surface area contributed by atoms with E-state index < -0.39 is 0 Å². The first-order valence-electron chi connectivity index (χ1n) is 7.29. The van der Waals surface area contributed by atoms with Crippen LogP contribution in [0.2, 0.25) is 5.02 Å². The zero-order chi connectivity index (χ0) is 15.6. The van der Waals surface area contributed by atoms with Gasteiger partial charge in [-0.2, -0.15) is 0 Å². The highest BCUT2D eigenvalue weighted by atomic mass is 35.5. The van der Waals surface area contributed by atoms with E-state index in [1.165, 1.54) is 16.4 Å². The van der Waals surface area contributed by atoms with Gasteiger partial charge in [0.25, 0.3) is 0 Å². The Kier molecular flexibility index (Phi) is 4.34. The summed E-state index contributed by atoms with van der Waals surface area (Å²) >= 11 is 6.54. The summed E-state index contributed by atoms with van der Waals surface area (Å²) in [6.45, 7) is 2.24. The number of halogens is 1. The fourth-order valence-corrected chi connectivity index (χ4v) is 3.45. The lowest BCUT2D eigenvalue weighted by Crippen LogP contribution is -2.26. The van der Waals surface area contributed by atoms with Gasteiger partial charge >= 0.3 is 0 Å². The van der Waals surface area contributed by atoms with Crippen molar-refractivity contribution in [3.63, 3.8) is 0 Å². The first kappa shape index (κ1) is 15.3. The number of hydrogen-bond acceptors (Lipinski definition) is 0. The van der Waals surface area contributed by atoms with E-state index in [9.17, 15) is 0 Å². The smallest absolute Gasteiger partial charge is 0.0450 e. The molecule has 0 amide bonds. The minimum atomic E-state index is -0.280. The van der Waals surface area contributed by atoms with Crippen molar-refractivity contribution in [1.82, 2.24) is 0 Å². The molecule has 0 spiro atoms. The van der Waals surface area contributed by atoms with Gasteiger partial charge in [0, 0.05) is 10.4 Å². The second-order valence-electron chi connectivity index (χ2n) is 5.59. The lowest BCUT2D eigenvalue weighted by Gasteiger charge is -2.32. The molecule has 2 heteroatoms. The summed E-state index contributed by atoms with van der Waals surface area (Å²) in [6, 6.07) is 27.2. The predicted molar refractivity (Wildman–Crippen MR) is 99.2 cm³/mol. The Morgan fingerprint density at radius 2 is 1.27 bits per heavy atom. The molecule has 0 radical (unpaired) electrons. The predicted octanol–water partition coefficient (Wildman–Crippen LogP) is 5.19. The molecule has 0 saturated heterocycles. The lowest BCUT2D eigenvalue weighted by molar-refractivity contribution is 0.693. The molecule has 0 aromatic heterocycles. The van der Waals surface area contributed by atoms with Crippen molar-refractivity contribution in [3.05, 3.63) is 101 Å². The molecule has 22 heavy (non-hydrogen) atoms. The van der Waals surface area contributed by atoms with Crippen LogP contribution in [-0.2, 0) is 5.41 Å². The van der Waals surface area contributed by atoms with Gasteiger partial charge in [0.2, 0.25) is 0 Å². The van der Waals surface area contributed by atoms with Crippen molar-refractivity contribution in [3.8, 4) is 0 Å². The average Bonchev–Trinajstić information content (AvgIpc) is 2.56. The highest BCUT2D eigenvalue weighted by Crippen LogP contribution is 2.41. The summed E-state index contributed by atoms with van der Waals surface area (Å²) in [4.78, 5) is 0. The Balaban J connectivity index is 2.27. The van der Waals surface area contributed by atoms with Gasteiger partial charge in [0.15, 0.2) is 0 Å². The van der Waals surface area contributed by atoms with Crippen LogP contribution in [-0.4, -0.2) is 0 Å². The highest BCUT2D eigenvalue weighted by molar-refractivity contribution is 7.27. The third-order valence-corrected chi connectivity index (χ3v) is 4.97. The van der Waals surface area contributed by atoms with Gasteiger partial charge < -0.3 is 0 Å². The van der Waals surface area contributed by atoms with Gasteiger partial charge in [-0.15, -0.1) is 9.24 Å². The Morgan fingerprint density at radius 1 is 0.727 bits per heavy atom. The quantitative estimate of drug-likeness (QED) is 0.459. The van der Waals surface area contributed by atoms with Gasteiger partial charge in [-0.05, 0) is 35.0 Å². The molecular weight excluding hydrogens is 307 g/mol. The third-order valence-electron chi connectivity index (χ3n) is 4.25. The molecule has 0 aliphatic rings. The molecule has 0 heterocycles. The Hall–Kier alpha value is -1.62. The summed E-state index contributed by atoms with van der Waals surface area (Å²) in [7, 11) is 2.73. The summed E-state index contributed by atoms with van der Waals surface area (Å²) < 4.78 is 0. The van der Waals surface area contributed by atoms with Crippen LogP contribution in [0.25, 0.3) is 0 Å². The maximum Gasteiger partial charge on any atom is 0.0450 e. The molecule has 0 nitrogen and oxygen atoms in total. The van der Waals surface area contributed by atoms with Crippen LogP contribution >= 0.6 is 20.8 Å². The minimum Gasteiger partial charge on any atom is -0.106 e. The molecule has 0 fully saturated rings. The van der Waals surface area contributed by atoms with Crippen molar-refractivity contribution in [2.24, 2.45) is 0 Å². The molecule has 110 valence electrons. The van der Waals surface area contributed by atoms with Crippen molar-refractivity contribution < 1.29 is 0 Å².